The Bertz CT molecular complexity index is 775. The normalized spacial score (nSPS) is 22.3. The number of rotatable bonds is 4. The molecular weight excluding hydrogens is 294 g/mol. The van der Waals surface area contributed by atoms with E-state index in [1.54, 1.807) is 17.8 Å². The van der Waals surface area contributed by atoms with E-state index in [1.165, 1.54) is 6.42 Å². The maximum atomic E-state index is 11.1. The molecule has 0 amide bonds. The molecule has 120 valence electrons. The highest BCUT2D eigenvalue weighted by atomic mass is 16.4. The van der Waals surface area contributed by atoms with Crippen molar-refractivity contribution in [3.05, 3.63) is 34.9 Å². The topological polar surface area (TPSA) is 84.1 Å². The van der Waals surface area contributed by atoms with E-state index in [9.17, 15) is 4.79 Å². The van der Waals surface area contributed by atoms with Gasteiger partial charge in [0.25, 0.3) is 0 Å². The number of aromatic nitrogens is 4. The van der Waals surface area contributed by atoms with Gasteiger partial charge in [-0.25, -0.2) is 14.8 Å². The molecular formula is C16H19N5O2. The van der Waals surface area contributed by atoms with Crippen molar-refractivity contribution >= 4 is 11.9 Å². The number of aromatic carboxylic acids is 1. The minimum absolute atomic E-state index is 0.233. The van der Waals surface area contributed by atoms with Crippen LogP contribution in [0.5, 0.6) is 0 Å². The molecule has 23 heavy (non-hydrogen) atoms. The summed E-state index contributed by atoms with van der Waals surface area (Å²) in [6, 6.07) is 0. The van der Waals surface area contributed by atoms with E-state index < -0.39 is 5.97 Å². The van der Waals surface area contributed by atoms with Gasteiger partial charge in [-0.05, 0) is 32.1 Å². The molecule has 0 radical (unpaired) electrons. The van der Waals surface area contributed by atoms with Crippen molar-refractivity contribution < 1.29 is 9.90 Å². The van der Waals surface area contributed by atoms with Crippen LogP contribution in [0.25, 0.3) is 0 Å². The van der Waals surface area contributed by atoms with Crippen molar-refractivity contribution in [2.24, 2.45) is 11.8 Å². The molecule has 2 unspecified atom stereocenters. The molecule has 2 aromatic rings. The minimum Gasteiger partial charge on any atom is -0.478 e. The predicted octanol–water partition coefficient (Wildman–Crippen LogP) is 1.49. The van der Waals surface area contributed by atoms with E-state index in [0.717, 1.165) is 42.1 Å². The highest BCUT2D eigenvalue weighted by Crippen LogP contribution is 2.45. The summed E-state index contributed by atoms with van der Waals surface area (Å²) >= 11 is 0. The predicted molar refractivity (Wildman–Crippen MR) is 83.6 cm³/mol. The lowest BCUT2D eigenvalue weighted by Crippen LogP contribution is -2.24. The molecule has 2 aliphatic rings. The van der Waals surface area contributed by atoms with Crippen LogP contribution >= 0.6 is 0 Å². The zero-order valence-electron chi connectivity index (χ0n) is 13.2. The first kappa shape index (κ1) is 14.2. The van der Waals surface area contributed by atoms with E-state index in [4.69, 9.17) is 5.11 Å². The van der Waals surface area contributed by atoms with Gasteiger partial charge >= 0.3 is 5.97 Å². The number of hydrogen-bond donors (Lipinski definition) is 1. The van der Waals surface area contributed by atoms with Crippen LogP contribution in [-0.4, -0.2) is 43.9 Å². The summed E-state index contributed by atoms with van der Waals surface area (Å²) in [6.07, 6.45) is 4.75. The highest BCUT2D eigenvalue weighted by molar-refractivity contribution is 5.88. The quantitative estimate of drug-likeness (QED) is 0.920. The largest absolute Gasteiger partial charge is 0.478 e. The van der Waals surface area contributed by atoms with Crippen LogP contribution in [0.1, 0.15) is 33.7 Å². The monoisotopic (exact) mass is 313 g/mol. The second-order valence-corrected chi connectivity index (χ2v) is 6.57. The van der Waals surface area contributed by atoms with Gasteiger partial charge < -0.3 is 10.0 Å². The van der Waals surface area contributed by atoms with Crippen LogP contribution in [0.4, 0.5) is 5.95 Å². The van der Waals surface area contributed by atoms with Gasteiger partial charge in [0, 0.05) is 36.7 Å². The number of fused-ring (bicyclic) bond motifs is 1. The Labute approximate surface area is 134 Å². The summed E-state index contributed by atoms with van der Waals surface area (Å²) in [4.78, 5) is 22.5. The molecule has 1 N–H and O–H groups in total. The first-order chi connectivity index (χ1) is 11.0. The Morgan fingerprint density at radius 2 is 2.04 bits per heavy atom. The Balaban J connectivity index is 1.53. The summed E-state index contributed by atoms with van der Waals surface area (Å²) < 4.78 is 1.63. The Morgan fingerprint density at radius 3 is 2.65 bits per heavy atom. The molecule has 0 aromatic carbocycles. The fraction of sp³-hybridized carbons (Fsp3) is 0.500. The SMILES string of the molecule is Cc1nc(N2CC3CC3C2)ncc1Cn1cc(C(=O)O)c(C)n1. The minimum atomic E-state index is -0.954. The number of carboxylic acids is 1. The molecule has 1 aliphatic heterocycles. The zero-order chi connectivity index (χ0) is 16.1. The van der Waals surface area contributed by atoms with Crippen molar-refractivity contribution in [2.75, 3.05) is 18.0 Å². The zero-order valence-corrected chi connectivity index (χ0v) is 13.2. The van der Waals surface area contributed by atoms with E-state index in [2.05, 4.69) is 20.0 Å². The van der Waals surface area contributed by atoms with Crippen LogP contribution in [0.3, 0.4) is 0 Å². The molecule has 4 rings (SSSR count). The van der Waals surface area contributed by atoms with Crippen LogP contribution in [0.15, 0.2) is 12.4 Å². The molecule has 2 aromatic heterocycles. The van der Waals surface area contributed by atoms with Gasteiger partial charge in [-0.2, -0.15) is 5.10 Å². The number of anilines is 1. The number of carboxylic acid groups (broad SMARTS) is 1. The number of carbonyl (C=O) groups is 1. The van der Waals surface area contributed by atoms with Crippen molar-refractivity contribution in [2.45, 2.75) is 26.8 Å². The van der Waals surface area contributed by atoms with Gasteiger partial charge in [0.05, 0.1) is 12.2 Å². The van der Waals surface area contributed by atoms with Gasteiger partial charge in [0.15, 0.2) is 0 Å². The number of aryl methyl sites for hydroxylation is 2. The van der Waals surface area contributed by atoms with E-state index in [1.807, 2.05) is 13.1 Å². The van der Waals surface area contributed by atoms with Gasteiger partial charge in [-0.15, -0.1) is 0 Å². The van der Waals surface area contributed by atoms with Gasteiger partial charge in [0.2, 0.25) is 5.95 Å². The maximum absolute atomic E-state index is 11.1. The van der Waals surface area contributed by atoms with E-state index >= 15 is 0 Å². The lowest BCUT2D eigenvalue weighted by molar-refractivity contribution is 0.0696. The van der Waals surface area contributed by atoms with Crippen LogP contribution in [0, 0.1) is 25.7 Å². The second kappa shape index (κ2) is 5.04. The van der Waals surface area contributed by atoms with Crippen LogP contribution < -0.4 is 4.90 Å². The molecule has 2 atom stereocenters. The average molecular weight is 313 g/mol. The van der Waals surface area contributed by atoms with E-state index in [-0.39, 0.29) is 5.56 Å². The van der Waals surface area contributed by atoms with Gasteiger partial charge in [0.1, 0.15) is 5.56 Å². The van der Waals surface area contributed by atoms with Crippen molar-refractivity contribution in [1.29, 1.82) is 0 Å². The highest BCUT2D eigenvalue weighted by Gasteiger charge is 2.45. The number of nitrogens with zero attached hydrogens (tertiary/aromatic N) is 5. The standard InChI is InChI=1S/C16H19N5O2/c1-9-13(7-21-8-14(15(22)23)10(2)19-21)4-17-16(18-9)20-5-11-3-12(11)6-20/h4,8,11-12H,3,5-7H2,1-2H3,(H,22,23). The molecule has 3 heterocycles. The third-order valence-corrected chi connectivity index (χ3v) is 4.84. The fourth-order valence-electron chi connectivity index (χ4n) is 3.33. The summed E-state index contributed by atoms with van der Waals surface area (Å²) in [5.41, 5.74) is 2.62. The summed E-state index contributed by atoms with van der Waals surface area (Å²) in [6.45, 7) is 6.29. The third-order valence-electron chi connectivity index (χ3n) is 4.84. The van der Waals surface area contributed by atoms with Crippen molar-refractivity contribution in [3.63, 3.8) is 0 Å². The van der Waals surface area contributed by atoms with Crippen molar-refractivity contribution in [3.8, 4) is 0 Å². The van der Waals surface area contributed by atoms with Gasteiger partial charge in [-0.3, -0.25) is 4.68 Å². The fourth-order valence-corrected chi connectivity index (χ4v) is 3.33. The molecule has 1 saturated carbocycles. The molecule has 7 nitrogen and oxygen atoms in total. The molecule has 0 spiro atoms. The smallest absolute Gasteiger partial charge is 0.339 e. The molecule has 1 saturated heterocycles. The van der Waals surface area contributed by atoms with Gasteiger partial charge in [-0.1, -0.05) is 0 Å². The van der Waals surface area contributed by atoms with E-state index in [0.29, 0.717) is 12.2 Å². The molecule has 7 heteroatoms. The lowest BCUT2D eigenvalue weighted by atomic mass is 10.2. The molecule has 0 bridgehead atoms. The third kappa shape index (κ3) is 2.56. The first-order valence-corrected chi connectivity index (χ1v) is 7.86. The average Bonchev–Trinajstić information content (AvgIpc) is 2.93. The second-order valence-electron chi connectivity index (χ2n) is 6.57. The number of hydrogen-bond acceptors (Lipinski definition) is 5. The maximum Gasteiger partial charge on any atom is 0.339 e. The van der Waals surface area contributed by atoms with Crippen LogP contribution in [0.2, 0.25) is 0 Å². The Morgan fingerprint density at radius 1 is 1.30 bits per heavy atom. The number of piperidine rings is 1. The van der Waals surface area contributed by atoms with Crippen molar-refractivity contribution in [1.82, 2.24) is 19.7 Å². The summed E-state index contributed by atoms with van der Waals surface area (Å²) in [5.74, 6) is 1.55. The first-order valence-electron chi connectivity index (χ1n) is 7.86. The Kier molecular flexibility index (Phi) is 3.11. The summed E-state index contributed by atoms with van der Waals surface area (Å²) in [7, 11) is 0. The summed E-state index contributed by atoms with van der Waals surface area (Å²) in [5, 5.41) is 13.4. The molecule has 2 fully saturated rings. The molecule has 1 aliphatic carbocycles. The lowest BCUT2D eigenvalue weighted by Gasteiger charge is -2.18. The Hall–Kier alpha value is -2.44. The van der Waals surface area contributed by atoms with Crippen LogP contribution in [-0.2, 0) is 6.54 Å².